The average molecular weight is 309 g/mol. The summed E-state index contributed by atoms with van der Waals surface area (Å²) in [6, 6.07) is 0.353. The molecule has 7 nitrogen and oxygen atoms in total. The Balaban J connectivity index is 1.61. The summed E-state index contributed by atoms with van der Waals surface area (Å²) in [5.41, 5.74) is 0.197. The van der Waals surface area contributed by atoms with Crippen LogP contribution in [0.1, 0.15) is 25.5 Å². The number of rotatable bonds is 4. The van der Waals surface area contributed by atoms with Crippen molar-refractivity contribution in [2.45, 2.75) is 32.4 Å². The lowest BCUT2D eigenvalue weighted by molar-refractivity contribution is -0.118. The molecular formula is C14H20FN5O2. The second-order valence-electron chi connectivity index (χ2n) is 5.54. The Hall–Kier alpha value is -1.80. The van der Waals surface area contributed by atoms with Crippen LogP contribution in [-0.2, 0) is 11.3 Å². The molecule has 1 aromatic heterocycles. The molecule has 0 saturated carbocycles. The van der Waals surface area contributed by atoms with E-state index >= 15 is 0 Å². The van der Waals surface area contributed by atoms with Gasteiger partial charge in [-0.3, -0.25) is 4.79 Å². The Morgan fingerprint density at radius 3 is 2.91 bits per heavy atom. The number of piperidine rings is 1. The molecule has 0 spiro atoms. The van der Waals surface area contributed by atoms with E-state index in [4.69, 9.17) is 4.74 Å². The standard InChI is InChI=1S/C14H20FN5O2/c1-2-20-5-3-9(4-6-20)16-7-10-12(15)19-14-13(17-10)18-11(21)8-22-14/h9,16H,2-8H2,1H3,(H,17,18,21). The Morgan fingerprint density at radius 2 is 2.18 bits per heavy atom. The van der Waals surface area contributed by atoms with Crippen molar-refractivity contribution in [3.05, 3.63) is 11.6 Å². The van der Waals surface area contributed by atoms with Crippen molar-refractivity contribution < 1.29 is 13.9 Å². The summed E-state index contributed by atoms with van der Waals surface area (Å²) in [6.45, 7) is 5.46. The maximum atomic E-state index is 13.9. The first-order valence-corrected chi connectivity index (χ1v) is 7.60. The van der Waals surface area contributed by atoms with Gasteiger partial charge >= 0.3 is 0 Å². The SMILES string of the molecule is CCN1CCC(NCc2nc3c(nc2F)OCC(=O)N3)CC1. The van der Waals surface area contributed by atoms with Crippen LogP contribution in [0.5, 0.6) is 5.88 Å². The summed E-state index contributed by atoms with van der Waals surface area (Å²) < 4.78 is 19.0. The molecule has 1 aromatic rings. The summed E-state index contributed by atoms with van der Waals surface area (Å²) in [7, 11) is 0. The first kappa shape index (κ1) is 15.1. The summed E-state index contributed by atoms with van der Waals surface area (Å²) >= 11 is 0. The highest BCUT2D eigenvalue weighted by Gasteiger charge is 2.23. The highest BCUT2D eigenvalue weighted by molar-refractivity contribution is 5.93. The van der Waals surface area contributed by atoms with Crippen molar-refractivity contribution >= 4 is 11.7 Å². The first-order chi connectivity index (χ1) is 10.7. The third kappa shape index (κ3) is 3.33. The number of fused-ring (bicyclic) bond motifs is 1. The minimum atomic E-state index is -0.659. The highest BCUT2D eigenvalue weighted by Crippen LogP contribution is 2.24. The minimum absolute atomic E-state index is 0.0390. The number of likely N-dealkylation sites (tertiary alicyclic amines) is 1. The molecule has 0 aromatic carbocycles. The van der Waals surface area contributed by atoms with Crippen molar-refractivity contribution in [3.8, 4) is 5.88 Å². The van der Waals surface area contributed by atoms with Crippen molar-refractivity contribution in [1.82, 2.24) is 20.2 Å². The molecule has 1 saturated heterocycles. The van der Waals surface area contributed by atoms with Crippen LogP contribution in [0.2, 0.25) is 0 Å². The molecule has 2 N–H and O–H groups in total. The van der Waals surface area contributed by atoms with Gasteiger partial charge in [0.25, 0.3) is 11.8 Å². The number of nitrogens with one attached hydrogen (secondary N) is 2. The zero-order chi connectivity index (χ0) is 15.5. The molecule has 1 amide bonds. The summed E-state index contributed by atoms with van der Waals surface area (Å²) in [5.74, 6) is -0.736. The van der Waals surface area contributed by atoms with Crippen LogP contribution in [0.4, 0.5) is 10.2 Å². The summed E-state index contributed by atoms with van der Waals surface area (Å²) in [5, 5.41) is 5.86. The molecule has 0 aliphatic carbocycles. The molecule has 2 aliphatic rings. The van der Waals surface area contributed by atoms with Crippen LogP contribution in [0, 0.1) is 5.95 Å². The smallest absolute Gasteiger partial charge is 0.263 e. The molecule has 1 fully saturated rings. The van der Waals surface area contributed by atoms with Crippen LogP contribution in [0.25, 0.3) is 0 Å². The van der Waals surface area contributed by atoms with Gasteiger partial charge in [0.15, 0.2) is 12.4 Å². The van der Waals surface area contributed by atoms with Gasteiger partial charge in [0.05, 0.1) is 0 Å². The minimum Gasteiger partial charge on any atom is -0.465 e. The third-order valence-electron chi connectivity index (χ3n) is 4.08. The van der Waals surface area contributed by atoms with E-state index in [1.54, 1.807) is 0 Å². The molecule has 2 aliphatic heterocycles. The highest BCUT2D eigenvalue weighted by atomic mass is 19.1. The number of ether oxygens (including phenoxy) is 1. The predicted molar refractivity (Wildman–Crippen MR) is 78.1 cm³/mol. The number of carbonyl (C=O) groups is 1. The zero-order valence-corrected chi connectivity index (χ0v) is 12.6. The van der Waals surface area contributed by atoms with E-state index in [2.05, 4.69) is 32.4 Å². The van der Waals surface area contributed by atoms with Gasteiger partial charge < -0.3 is 20.3 Å². The van der Waals surface area contributed by atoms with E-state index in [-0.39, 0.29) is 29.9 Å². The first-order valence-electron chi connectivity index (χ1n) is 7.60. The monoisotopic (exact) mass is 309 g/mol. The molecular weight excluding hydrogens is 289 g/mol. The van der Waals surface area contributed by atoms with E-state index in [0.29, 0.717) is 12.6 Å². The van der Waals surface area contributed by atoms with Crippen LogP contribution < -0.4 is 15.4 Å². The Bertz CT molecular complexity index is 560. The Kier molecular flexibility index (Phi) is 4.49. The Labute approximate surface area is 128 Å². The molecule has 0 unspecified atom stereocenters. The number of hydrogen-bond acceptors (Lipinski definition) is 6. The van der Waals surface area contributed by atoms with Crippen molar-refractivity contribution in [1.29, 1.82) is 0 Å². The van der Waals surface area contributed by atoms with E-state index in [1.165, 1.54) is 0 Å². The molecule has 0 atom stereocenters. The van der Waals surface area contributed by atoms with E-state index < -0.39 is 5.95 Å². The molecule has 3 heterocycles. The fourth-order valence-corrected chi connectivity index (χ4v) is 2.73. The van der Waals surface area contributed by atoms with Crippen LogP contribution in [0.3, 0.4) is 0 Å². The number of amides is 1. The van der Waals surface area contributed by atoms with Crippen molar-refractivity contribution in [3.63, 3.8) is 0 Å². The summed E-state index contributed by atoms with van der Waals surface area (Å²) in [4.78, 5) is 21.5. The lowest BCUT2D eigenvalue weighted by Gasteiger charge is -2.31. The van der Waals surface area contributed by atoms with Gasteiger partial charge in [-0.15, -0.1) is 0 Å². The lowest BCUT2D eigenvalue weighted by atomic mass is 10.1. The number of nitrogens with zero attached hydrogens (tertiary/aromatic N) is 3. The number of aromatic nitrogens is 2. The van der Waals surface area contributed by atoms with Gasteiger partial charge in [0, 0.05) is 12.6 Å². The number of carbonyl (C=O) groups excluding carboxylic acids is 1. The van der Waals surface area contributed by atoms with Crippen LogP contribution in [-0.4, -0.2) is 53.1 Å². The number of anilines is 1. The quantitative estimate of drug-likeness (QED) is 0.844. The predicted octanol–water partition coefficient (Wildman–Crippen LogP) is 0.520. The fraction of sp³-hybridized carbons (Fsp3) is 0.643. The van der Waals surface area contributed by atoms with Crippen molar-refractivity contribution in [2.24, 2.45) is 0 Å². The van der Waals surface area contributed by atoms with Gasteiger partial charge in [0.2, 0.25) is 5.95 Å². The largest absolute Gasteiger partial charge is 0.465 e. The molecule has 0 bridgehead atoms. The van der Waals surface area contributed by atoms with Gasteiger partial charge in [0.1, 0.15) is 5.69 Å². The zero-order valence-electron chi connectivity index (χ0n) is 12.6. The van der Waals surface area contributed by atoms with Crippen LogP contribution >= 0.6 is 0 Å². The number of hydrogen-bond donors (Lipinski definition) is 2. The van der Waals surface area contributed by atoms with Crippen LogP contribution in [0.15, 0.2) is 0 Å². The molecule has 8 heteroatoms. The van der Waals surface area contributed by atoms with Gasteiger partial charge in [-0.05, 0) is 32.5 Å². The molecule has 0 radical (unpaired) electrons. The molecule has 22 heavy (non-hydrogen) atoms. The van der Waals surface area contributed by atoms with E-state index in [1.807, 2.05) is 0 Å². The van der Waals surface area contributed by atoms with Crippen molar-refractivity contribution in [2.75, 3.05) is 31.6 Å². The van der Waals surface area contributed by atoms with Gasteiger partial charge in [-0.2, -0.15) is 9.37 Å². The Morgan fingerprint density at radius 1 is 1.41 bits per heavy atom. The second kappa shape index (κ2) is 6.53. The summed E-state index contributed by atoms with van der Waals surface area (Å²) in [6.07, 6.45) is 2.07. The maximum absolute atomic E-state index is 13.9. The topological polar surface area (TPSA) is 79.4 Å². The normalized spacial score (nSPS) is 19.5. The maximum Gasteiger partial charge on any atom is 0.263 e. The van der Waals surface area contributed by atoms with Gasteiger partial charge in [-0.25, -0.2) is 4.98 Å². The fourth-order valence-electron chi connectivity index (χ4n) is 2.73. The van der Waals surface area contributed by atoms with E-state index in [0.717, 1.165) is 32.5 Å². The van der Waals surface area contributed by atoms with Gasteiger partial charge in [-0.1, -0.05) is 6.92 Å². The molecule has 3 rings (SSSR count). The van der Waals surface area contributed by atoms with E-state index in [9.17, 15) is 9.18 Å². The second-order valence-corrected chi connectivity index (χ2v) is 5.54. The average Bonchev–Trinajstić information content (AvgIpc) is 2.54. The number of halogens is 1. The lowest BCUT2D eigenvalue weighted by Crippen LogP contribution is -2.42. The molecule has 120 valence electrons. The third-order valence-corrected chi connectivity index (χ3v) is 4.08.